The molecule has 0 aromatic rings. The van der Waals surface area contributed by atoms with Gasteiger partial charge in [-0.3, -0.25) is 4.79 Å². The van der Waals surface area contributed by atoms with Crippen LogP contribution in [0.5, 0.6) is 0 Å². The summed E-state index contributed by atoms with van der Waals surface area (Å²) in [5.41, 5.74) is 5.19. The molecule has 0 spiro atoms. The number of carbonyl (C=O) groups is 1. The van der Waals surface area contributed by atoms with E-state index < -0.39 is 5.54 Å². The van der Waals surface area contributed by atoms with Crippen molar-refractivity contribution < 1.29 is 9.53 Å². The minimum atomic E-state index is -0.851. The number of likely N-dealkylation sites (tertiary alicyclic amines) is 1. The Balaban J connectivity index is 2.28. The highest BCUT2D eigenvalue weighted by atomic mass is 16.5. The van der Waals surface area contributed by atoms with Crippen molar-refractivity contribution in [3.8, 4) is 0 Å². The number of ether oxygens (including phenoxy) is 1. The molecule has 1 unspecified atom stereocenters. The van der Waals surface area contributed by atoms with Crippen LogP contribution in [0, 0.1) is 5.92 Å². The maximum absolute atomic E-state index is 11.7. The first-order valence-electron chi connectivity index (χ1n) is 7.68. The van der Waals surface area contributed by atoms with Crippen LogP contribution in [0.4, 0.5) is 0 Å². The van der Waals surface area contributed by atoms with Crippen molar-refractivity contribution in [2.45, 2.75) is 58.4 Å². The van der Waals surface area contributed by atoms with Crippen LogP contribution in [0.3, 0.4) is 0 Å². The smallest absolute Gasteiger partial charge is 0.325 e. The third-order valence-electron chi connectivity index (χ3n) is 4.09. The average Bonchev–Trinajstić information content (AvgIpc) is 2.39. The van der Waals surface area contributed by atoms with Gasteiger partial charge in [0.05, 0.1) is 6.61 Å². The van der Waals surface area contributed by atoms with E-state index in [9.17, 15) is 4.79 Å². The van der Waals surface area contributed by atoms with E-state index >= 15 is 0 Å². The summed E-state index contributed by atoms with van der Waals surface area (Å²) in [5.74, 6) is 0.617. The third kappa shape index (κ3) is 5.49. The molecule has 0 aliphatic carbocycles. The molecule has 0 saturated carbocycles. The van der Waals surface area contributed by atoms with E-state index in [1.54, 1.807) is 6.92 Å². The lowest BCUT2D eigenvalue weighted by atomic mass is 9.91. The Labute approximate surface area is 117 Å². The lowest BCUT2D eigenvalue weighted by molar-refractivity contribution is -0.149. The number of esters is 1. The molecule has 4 nitrogen and oxygen atoms in total. The lowest BCUT2D eigenvalue weighted by Gasteiger charge is -2.33. The Bertz CT molecular complexity index is 271. The minimum Gasteiger partial charge on any atom is -0.465 e. The average molecular weight is 270 g/mol. The predicted molar refractivity (Wildman–Crippen MR) is 77.9 cm³/mol. The van der Waals surface area contributed by atoms with Gasteiger partial charge in [-0.2, -0.15) is 0 Å². The molecule has 19 heavy (non-hydrogen) atoms. The van der Waals surface area contributed by atoms with Crippen LogP contribution < -0.4 is 5.73 Å². The van der Waals surface area contributed by atoms with E-state index in [2.05, 4.69) is 11.8 Å². The fourth-order valence-electron chi connectivity index (χ4n) is 2.70. The van der Waals surface area contributed by atoms with Gasteiger partial charge in [-0.25, -0.2) is 0 Å². The molecule has 112 valence electrons. The number of hydrogen-bond acceptors (Lipinski definition) is 4. The number of piperidine rings is 1. The highest BCUT2D eigenvalue weighted by molar-refractivity contribution is 5.79. The van der Waals surface area contributed by atoms with Gasteiger partial charge < -0.3 is 15.4 Å². The molecule has 0 aromatic carbocycles. The maximum atomic E-state index is 11.7. The Kier molecular flexibility index (Phi) is 6.80. The van der Waals surface area contributed by atoms with Crippen LogP contribution >= 0.6 is 0 Å². The second-order valence-electron chi connectivity index (χ2n) is 5.96. The second-order valence-corrected chi connectivity index (χ2v) is 5.96. The number of carbonyl (C=O) groups excluding carboxylic acids is 1. The summed E-state index contributed by atoms with van der Waals surface area (Å²) in [6, 6.07) is 0. The molecular weight excluding hydrogens is 240 g/mol. The molecule has 0 radical (unpaired) electrons. The van der Waals surface area contributed by atoms with Gasteiger partial charge >= 0.3 is 5.97 Å². The van der Waals surface area contributed by atoms with E-state index in [1.807, 2.05) is 6.92 Å². The first-order chi connectivity index (χ1) is 8.99. The SMILES string of the molecule is CCCC1CCN(CCC(C)(N)C(=O)OCC)CC1. The van der Waals surface area contributed by atoms with E-state index in [0.29, 0.717) is 13.0 Å². The van der Waals surface area contributed by atoms with Crippen LogP contribution in [0.1, 0.15) is 52.9 Å². The standard InChI is InChI=1S/C15H30N2O2/c1-4-6-13-7-10-17(11-8-13)12-9-15(3,16)14(18)19-5-2/h13H,4-12,16H2,1-3H3. The number of rotatable bonds is 7. The monoisotopic (exact) mass is 270 g/mol. The van der Waals surface area contributed by atoms with E-state index in [1.165, 1.54) is 25.7 Å². The van der Waals surface area contributed by atoms with Crippen molar-refractivity contribution in [1.82, 2.24) is 4.90 Å². The van der Waals surface area contributed by atoms with Gasteiger partial charge in [-0.15, -0.1) is 0 Å². The predicted octanol–water partition coefficient (Wildman–Crippen LogP) is 2.17. The molecular formula is C15H30N2O2. The maximum Gasteiger partial charge on any atom is 0.325 e. The van der Waals surface area contributed by atoms with Crippen molar-refractivity contribution in [1.29, 1.82) is 0 Å². The first kappa shape index (κ1) is 16.4. The molecule has 1 fully saturated rings. The number of nitrogens with two attached hydrogens (primary N) is 1. The Morgan fingerprint density at radius 1 is 1.37 bits per heavy atom. The molecule has 1 aliphatic heterocycles. The summed E-state index contributed by atoms with van der Waals surface area (Å²) >= 11 is 0. The van der Waals surface area contributed by atoms with Gasteiger partial charge in [0.25, 0.3) is 0 Å². The lowest BCUT2D eigenvalue weighted by Crippen LogP contribution is -2.49. The van der Waals surface area contributed by atoms with Crippen LogP contribution in [-0.2, 0) is 9.53 Å². The number of hydrogen-bond donors (Lipinski definition) is 1. The van der Waals surface area contributed by atoms with Crippen LogP contribution in [0.2, 0.25) is 0 Å². The van der Waals surface area contributed by atoms with Gasteiger partial charge in [-0.1, -0.05) is 19.8 Å². The normalized spacial score (nSPS) is 21.1. The zero-order valence-corrected chi connectivity index (χ0v) is 12.8. The summed E-state index contributed by atoms with van der Waals surface area (Å²) in [6.45, 7) is 9.42. The Morgan fingerprint density at radius 3 is 2.53 bits per heavy atom. The van der Waals surface area contributed by atoms with Gasteiger partial charge in [0.15, 0.2) is 0 Å². The zero-order chi connectivity index (χ0) is 14.3. The molecule has 1 aliphatic rings. The fourth-order valence-corrected chi connectivity index (χ4v) is 2.70. The van der Waals surface area contributed by atoms with Gasteiger partial charge in [-0.05, 0) is 52.1 Å². The molecule has 1 rings (SSSR count). The van der Waals surface area contributed by atoms with Crippen molar-refractivity contribution in [2.75, 3.05) is 26.2 Å². The first-order valence-corrected chi connectivity index (χ1v) is 7.68. The van der Waals surface area contributed by atoms with E-state index in [0.717, 1.165) is 25.6 Å². The van der Waals surface area contributed by atoms with Crippen LogP contribution in [-0.4, -0.2) is 42.6 Å². The molecule has 2 N–H and O–H groups in total. The second kappa shape index (κ2) is 7.85. The highest BCUT2D eigenvalue weighted by Gasteiger charge is 2.30. The van der Waals surface area contributed by atoms with E-state index in [4.69, 9.17) is 10.5 Å². The highest BCUT2D eigenvalue weighted by Crippen LogP contribution is 2.22. The third-order valence-corrected chi connectivity index (χ3v) is 4.09. The van der Waals surface area contributed by atoms with Crippen LogP contribution in [0.15, 0.2) is 0 Å². The van der Waals surface area contributed by atoms with Gasteiger partial charge in [0.2, 0.25) is 0 Å². The molecule has 1 atom stereocenters. The largest absolute Gasteiger partial charge is 0.465 e. The molecule has 0 bridgehead atoms. The summed E-state index contributed by atoms with van der Waals surface area (Å²) in [6.07, 6.45) is 5.88. The van der Waals surface area contributed by atoms with Crippen molar-refractivity contribution in [3.63, 3.8) is 0 Å². The summed E-state index contributed by atoms with van der Waals surface area (Å²) < 4.78 is 5.01. The van der Waals surface area contributed by atoms with Crippen molar-refractivity contribution >= 4 is 5.97 Å². The topological polar surface area (TPSA) is 55.6 Å². The van der Waals surface area contributed by atoms with Crippen LogP contribution in [0.25, 0.3) is 0 Å². The fraction of sp³-hybridized carbons (Fsp3) is 0.933. The number of nitrogens with zero attached hydrogens (tertiary/aromatic N) is 1. The van der Waals surface area contributed by atoms with Gasteiger partial charge in [0, 0.05) is 6.54 Å². The molecule has 1 heterocycles. The zero-order valence-electron chi connectivity index (χ0n) is 12.8. The Morgan fingerprint density at radius 2 is 2.00 bits per heavy atom. The van der Waals surface area contributed by atoms with Crippen molar-refractivity contribution in [2.24, 2.45) is 11.7 Å². The Hall–Kier alpha value is -0.610. The summed E-state index contributed by atoms with van der Waals surface area (Å²) in [5, 5.41) is 0. The molecule has 4 heteroatoms. The summed E-state index contributed by atoms with van der Waals surface area (Å²) in [7, 11) is 0. The quantitative estimate of drug-likeness (QED) is 0.720. The van der Waals surface area contributed by atoms with Crippen molar-refractivity contribution in [3.05, 3.63) is 0 Å². The van der Waals surface area contributed by atoms with E-state index in [-0.39, 0.29) is 5.97 Å². The minimum absolute atomic E-state index is 0.282. The summed E-state index contributed by atoms with van der Waals surface area (Å²) in [4.78, 5) is 14.1. The van der Waals surface area contributed by atoms with Gasteiger partial charge in [0.1, 0.15) is 5.54 Å². The molecule has 1 saturated heterocycles. The molecule has 0 aromatic heterocycles. The molecule has 0 amide bonds.